The van der Waals surface area contributed by atoms with Crippen LogP contribution in [0.4, 0.5) is 0 Å². The van der Waals surface area contributed by atoms with Crippen molar-refractivity contribution in [3.05, 3.63) is 4.91 Å². The zero-order valence-corrected chi connectivity index (χ0v) is 8.83. The quantitative estimate of drug-likeness (QED) is 0.468. The molecule has 0 aliphatic carbocycles. The second kappa shape index (κ2) is 8.17. The first-order valence-electron chi connectivity index (χ1n) is 5.28. The van der Waals surface area contributed by atoms with Gasteiger partial charge in [0, 0.05) is 6.04 Å². The van der Waals surface area contributed by atoms with Crippen LogP contribution >= 0.6 is 0 Å². The Hall–Kier alpha value is -0.440. The van der Waals surface area contributed by atoms with Gasteiger partial charge >= 0.3 is 0 Å². The summed E-state index contributed by atoms with van der Waals surface area (Å²) in [6.45, 7) is 4.01. The summed E-state index contributed by atoms with van der Waals surface area (Å²) in [5, 5.41) is 2.96. The first kappa shape index (κ1) is 12.6. The highest BCUT2D eigenvalue weighted by atomic mass is 16.3. The van der Waals surface area contributed by atoms with Gasteiger partial charge in [0.25, 0.3) is 0 Å². The minimum Gasteiger partial charge on any atom is -0.328 e. The minimum absolute atomic E-state index is 0.0256. The van der Waals surface area contributed by atoms with E-state index in [1.165, 1.54) is 0 Å². The van der Waals surface area contributed by atoms with Crippen LogP contribution in [-0.4, -0.2) is 12.1 Å². The number of rotatable bonds is 8. The third-order valence-corrected chi connectivity index (χ3v) is 2.29. The maximum absolute atomic E-state index is 10.1. The summed E-state index contributed by atoms with van der Waals surface area (Å²) in [4.78, 5) is 10.1. The molecule has 0 amide bonds. The Balaban J connectivity index is 3.19. The number of hydrogen-bond acceptors (Lipinski definition) is 3. The van der Waals surface area contributed by atoms with Crippen LogP contribution in [-0.2, 0) is 0 Å². The third-order valence-electron chi connectivity index (χ3n) is 2.29. The van der Waals surface area contributed by atoms with E-state index in [4.69, 9.17) is 5.73 Å². The van der Waals surface area contributed by atoms with Crippen molar-refractivity contribution >= 4 is 0 Å². The van der Waals surface area contributed by atoms with Crippen molar-refractivity contribution in [2.24, 2.45) is 10.9 Å². The van der Waals surface area contributed by atoms with E-state index < -0.39 is 0 Å². The molecule has 2 atom stereocenters. The maximum Gasteiger partial charge on any atom is 0.0891 e. The molecule has 0 bridgehead atoms. The Kier molecular flexibility index (Phi) is 7.90. The van der Waals surface area contributed by atoms with Crippen molar-refractivity contribution in [3.63, 3.8) is 0 Å². The molecule has 3 heteroatoms. The normalized spacial score (nSPS) is 15.3. The first-order valence-corrected chi connectivity index (χ1v) is 5.28. The first-order chi connectivity index (χ1) is 6.20. The van der Waals surface area contributed by atoms with Gasteiger partial charge in [-0.1, -0.05) is 31.4 Å². The topological polar surface area (TPSA) is 55.4 Å². The van der Waals surface area contributed by atoms with Gasteiger partial charge in [0.05, 0.1) is 6.04 Å². The van der Waals surface area contributed by atoms with Crippen molar-refractivity contribution in [1.82, 2.24) is 0 Å². The average Bonchev–Trinajstić information content (AvgIpc) is 2.12. The number of nitrogens with two attached hydrogens (primary N) is 1. The SMILES string of the molecule is CCCC(N)CCCCC(C)N=O. The fourth-order valence-corrected chi connectivity index (χ4v) is 1.41. The summed E-state index contributed by atoms with van der Waals surface area (Å²) in [6.07, 6.45) is 6.46. The molecule has 0 aromatic heterocycles. The summed E-state index contributed by atoms with van der Waals surface area (Å²) >= 11 is 0. The predicted molar refractivity (Wildman–Crippen MR) is 56.6 cm³/mol. The van der Waals surface area contributed by atoms with Crippen LogP contribution < -0.4 is 5.73 Å². The highest BCUT2D eigenvalue weighted by Gasteiger charge is 2.03. The van der Waals surface area contributed by atoms with Crippen LogP contribution in [0.5, 0.6) is 0 Å². The molecule has 0 fully saturated rings. The Morgan fingerprint density at radius 3 is 2.38 bits per heavy atom. The van der Waals surface area contributed by atoms with E-state index in [1.807, 2.05) is 6.92 Å². The van der Waals surface area contributed by atoms with Gasteiger partial charge in [-0.15, -0.1) is 0 Å². The van der Waals surface area contributed by atoms with Crippen molar-refractivity contribution < 1.29 is 0 Å². The van der Waals surface area contributed by atoms with Crippen molar-refractivity contribution in [3.8, 4) is 0 Å². The van der Waals surface area contributed by atoms with E-state index in [2.05, 4.69) is 12.1 Å². The van der Waals surface area contributed by atoms with Crippen LogP contribution in [0.2, 0.25) is 0 Å². The second-order valence-electron chi connectivity index (χ2n) is 3.79. The van der Waals surface area contributed by atoms with E-state index in [9.17, 15) is 4.91 Å². The molecule has 0 aliphatic heterocycles. The fourth-order valence-electron chi connectivity index (χ4n) is 1.41. The zero-order valence-electron chi connectivity index (χ0n) is 8.83. The summed E-state index contributed by atoms with van der Waals surface area (Å²) < 4.78 is 0. The molecule has 2 unspecified atom stereocenters. The standard InChI is InChI=1S/C10H22N2O/c1-3-6-10(11)8-5-4-7-9(2)12-13/h9-10H,3-8,11H2,1-2H3. The number of hydrogen-bond donors (Lipinski definition) is 1. The van der Waals surface area contributed by atoms with Crippen molar-refractivity contribution in [2.45, 2.75) is 64.5 Å². The second-order valence-corrected chi connectivity index (χ2v) is 3.79. The smallest absolute Gasteiger partial charge is 0.0891 e. The molecule has 0 heterocycles. The van der Waals surface area contributed by atoms with Crippen LogP contribution in [0, 0.1) is 4.91 Å². The molecule has 0 aromatic carbocycles. The number of nitroso groups, excluding NO2 is 1. The molecule has 0 spiro atoms. The summed E-state index contributed by atoms with van der Waals surface area (Å²) in [5.74, 6) is 0. The van der Waals surface area contributed by atoms with Gasteiger partial charge in [0.15, 0.2) is 0 Å². The molecule has 0 saturated carbocycles. The highest BCUT2D eigenvalue weighted by Crippen LogP contribution is 2.09. The maximum atomic E-state index is 10.1. The lowest BCUT2D eigenvalue weighted by Gasteiger charge is -2.09. The van der Waals surface area contributed by atoms with Gasteiger partial charge in [-0.05, 0) is 26.2 Å². The monoisotopic (exact) mass is 186 g/mol. The molecule has 0 radical (unpaired) electrons. The molecule has 2 N–H and O–H groups in total. The zero-order chi connectivity index (χ0) is 10.1. The van der Waals surface area contributed by atoms with E-state index in [0.29, 0.717) is 6.04 Å². The Morgan fingerprint density at radius 1 is 1.23 bits per heavy atom. The fraction of sp³-hybridized carbons (Fsp3) is 1.00. The molecule has 0 aromatic rings. The van der Waals surface area contributed by atoms with E-state index in [1.54, 1.807) is 0 Å². The van der Waals surface area contributed by atoms with E-state index in [-0.39, 0.29) is 6.04 Å². The van der Waals surface area contributed by atoms with Crippen LogP contribution in [0.1, 0.15) is 52.4 Å². The minimum atomic E-state index is -0.0256. The number of nitrogens with zero attached hydrogens (tertiary/aromatic N) is 1. The molecule has 13 heavy (non-hydrogen) atoms. The van der Waals surface area contributed by atoms with Gasteiger partial charge in [0.1, 0.15) is 0 Å². The van der Waals surface area contributed by atoms with E-state index in [0.717, 1.165) is 38.5 Å². The highest BCUT2D eigenvalue weighted by molar-refractivity contribution is 4.63. The van der Waals surface area contributed by atoms with E-state index >= 15 is 0 Å². The average molecular weight is 186 g/mol. The van der Waals surface area contributed by atoms with Crippen molar-refractivity contribution in [1.29, 1.82) is 0 Å². The van der Waals surface area contributed by atoms with Crippen LogP contribution in [0.25, 0.3) is 0 Å². The summed E-state index contributed by atoms with van der Waals surface area (Å²) in [5.41, 5.74) is 5.85. The van der Waals surface area contributed by atoms with Gasteiger partial charge in [-0.25, -0.2) is 0 Å². The summed E-state index contributed by atoms with van der Waals surface area (Å²) in [6, 6.07) is 0.326. The summed E-state index contributed by atoms with van der Waals surface area (Å²) in [7, 11) is 0. The van der Waals surface area contributed by atoms with Crippen LogP contribution in [0.15, 0.2) is 5.18 Å². The van der Waals surface area contributed by atoms with Gasteiger partial charge < -0.3 is 5.73 Å². The van der Waals surface area contributed by atoms with Gasteiger partial charge in [-0.3, -0.25) is 0 Å². The molecule has 0 saturated heterocycles. The lowest BCUT2D eigenvalue weighted by molar-refractivity contribution is 0.504. The van der Waals surface area contributed by atoms with Gasteiger partial charge in [-0.2, -0.15) is 4.91 Å². The third kappa shape index (κ3) is 7.91. The molecular formula is C10H22N2O. The lowest BCUT2D eigenvalue weighted by atomic mass is 10.0. The predicted octanol–water partition coefficient (Wildman–Crippen LogP) is 2.83. The van der Waals surface area contributed by atoms with Crippen molar-refractivity contribution in [2.75, 3.05) is 0 Å². The molecule has 0 rings (SSSR count). The molecular weight excluding hydrogens is 164 g/mol. The Morgan fingerprint density at radius 2 is 1.85 bits per heavy atom. The largest absolute Gasteiger partial charge is 0.328 e. The molecule has 78 valence electrons. The van der Waals surface area contributed by atoms with Gasteiger partial charge in [0.2, 0.25) is 0 Å². The molecule has 0 aliphatic rings. The number of unbranched alkanes of at least 4 members (excludes halogenated alkanes) is 1. The Labute approximate surface area is 81.1 Å². The molecule has 3 nitrogen and oxygen atoms in total. The van der Waals surface area contributed by atoms with Crippen LogP contribution in [0.3, 0.4) is 0 Å². The Bertz CT molecular complexity index is 128. The lowest BCUT2D eigenvalue weighted by Crippen LogP contribution is -2.19.